The summed E-state index contributed by atoms with van der Waals surface area (Å²) >= 11 is 6.20. The second kappa shape index (κ2) is 7.75. The van der Waals surface area contributed by atoms with Gasteiger partial charge in [-0.3, -0.25) is 0 Å². The largest absolute Gasteiger partial charge is 0.340 e. The summed E-state index contributed by atoms with van der Waals surface area (Å²) < 4.78 is 1.97. The van der Waals surface area contributed by atoms with Crippen molar-refractivity contribution in [3.8, 4) is 16.9 Å². The molecule has 0 N–H and O–H groups in total. The van der Waals surface area contributed by atoms with E-state index in [0.29, 0.717) is 5.02 Å². The Morgan fingerprint density at radius 2 is 1.55 bits per heavy atom. The minimum absolute atomic E-state index is 0.714. The lowest BCUT2D eigenvalue weighted by Gasteiger charge is -2.21. The van der Waals surface area contributed by atoms with Crippen molar-refractivity contribution in [3.63, 3.8) is 0 Å². The lowest BCUT2D eigenvalue weighted by molar-refractivity contribution is 0.896. The van der Waals surface area contributed by atoms with Crippen LogP contribution in [0, 0.1) is 13.8 Å². The van der Waals surface area contributed by atoms with Gasteiger partial charge in [-0.15, -0.1) is 0 Å². The highest BCUT2D eigenvalue weighted by molar-refractivity contribution is 6.30. The first kappa shape index (κ1) is 20.0. The number of halogens is 1. The summed E-state index contributed by atoms with van der Waals surface area (Å²) in [6.07, 6.45) is 0.967. The number of aromatic nitrogens is 3. The highest BCUT2D eigenvalue weighted by Gasteiger charge is 2.30. The SMILES string of the molecule is Cc1ccc(N2CCc3c(C)nc4c(c(-c5ccc(Cl)cc5)nn4-c4ccccc4)c32)cc1. The van der Waals surface area contributed by atoms with Crippen molar-refractivity contribution in [1.82, 2.24) is 14.8 Å². The molecule has 6 rings (SSSR count). The first-order valence-corrected chi connectivity index (χ1v) is 11.6. The lowest BCUT2D eigenvalue weighted by Crippen LogP contribution is -2.13. The minimum Gasteiger partial charge on any atom is -0.340 e. The summed E-state index contributed by atoms with van der Waals surface area (Å²) in [4.78, 5) is 7.50. The molecule has 0 spiro atoms. The van der Waals surface area contributed by atoms with Gasteiger partial charge in [-0.2, -0.15) is 5.10 Å². The fourth-order valence-corrected chi connectivity index (χ4v) is 4.88. The van der Waals surface area contributed by atoms with Crippen molar-refractivity contribution in [1.29, 1.82) is 0 Å². The molecule has 162 valence electrons. The van der Waals surface area contributed by atoms with Gasteiger partial charge in [0.1, 0.15) is 5.69 Å². The Bertz CT molecular complexity index is 1470. The molecule has 3 heterocycles. The molecule has 1 aliphatic heterocycles. The standard InChI is InChI=1S/C28H23ClN4/c1-18-8-14-22(15-9-18)32-17-16-24-19(2)30-28-25(27(24)32)26(20-10-12-21(29)13-11-20)31-33(28)23-6-4-3-5-7-23/h3-15H,16-17H2,1-2H3. The minimum atomic E-state index is 0.714. The zero-order valence-corrected chi connectivity index (χ0v) is 19.3. The van der Waals surface area contributed by atoms with Gasteiger partial charge in [0.2, 0.25) is 0 Å². The number of hydrogen-bond donors (Lipinski definition) is 0. The highest BCUT2D eigenvalue weighted by Crippen LogP contribution is 2.45. The monoisotopic (exact) mass is 450 g/mol. The van der Waals surface area contributed by atoms with Crippen LogP contribution in [-0.2, 0) is 6.42 Å². The third-order valence-corrected chi connectivity index (χ3v) is 6.67. The van der Waals surface area contributed by atoms with E-state index < -0.39 is 0 Å². The van der Waals surface area contributed by atoms with Gasteiger partial charge in [-0.1, -0.05) is 59.6 Å². The van der Waals surface area contributed by atoms with E-state index in [4.69, 9.17) is 21.7 Å². The Labute approximate surface area is 198 Å². The number of benzene rings is 3. The van der Waals surface area contributed by atoms with Crippen LogP contribution in [0.2, 0.25) is 5.02 Å². The van der Waals surface area contributed by atoms with E-state index in [0.717, 1.165) is 46.6 Å². The molecule has 0 radical (unpaired) electrons. The number of para-hydroxylation sites is 1. The molecule has 0 aliphatic carbocycles. The van der Waals surface area contributed by atoms with E-state index in [1.54, 1.807) is 0 Å². The van der Waals surface area contributed by atoms with Crippen LogP contribution in [0.4, 0.5) is 11.4 Å². The second-order valence-electron chi connectivity index (χ2n) is 8.56. The van der Waals surface area contributed by atoms with Crippen LogP contribution < -0.4 is 4.90 Å². The van der Waals surface area contributed by atoms with E-state index in [9.17, 15) is 0 Å². The van der Waals surface area contributed by atoms with Gasteiger partial charge in [-0.05, 0) is 62.2 Å². The third kappa shape index (κ3) is 3.30. The lowest BCUT2D eigenvalue weighted by atomic mass is 10.0. The maximum absolute atomic E-state index is 6.20. The van der Waals surface area contributed by atoms with Crippen molar-refractivity contribution >= 4 is 34.0 Å². The molecule has 0 fully saturated rings. The Kier molecular flexibility index (Phi) is 4.70. The van der Waals surface area contributed by atoms with Gasteiger partial charge in [0.05, 0.1) is 16.8 Å². The summed E-state index contributed by atoms with van der Waals surface area (Å²) in [6, 6.07) is 26.9. The molecule has 0 saturated carbocycles. The number of fused-ring (bicyclic) bond motifs is 3. The maximum atomic E-state index is 6.20. The first-order chi connectivity index (χ1) is 16.1. The van der Waals surface area contributed by atoms with Crippen LogP contribution in [0.25, 0.3) is 28.0 Å². The van der Waals surface area contributed by atoms with E-state index in [1.807, 2.05) is 47.1 Å². The zero-order valence-electron chi connectivity index (χ0n) is 18.6. The fourth-order valence-electron chi connectivity index (χ4n) is 4.75. The molecule has 33 heavy (non-hydrogen) atoms. The summed E-state index contributed by atoms with van der Waals surface area (Å²) in [6.45, 7) is 5.16. The molecule has 0 amide bonds. The molecule has 0 unspecified atom stereocenters. The quantitative estimate of drug-likeness (QED) is 0.295. The Balaban J connectivity index is 1.68. The molecule has 0 atom stereocenters. The van der Waals surface area contributed by atoms with E-state index >= 15 is 0 Å². The van der Waals surface area contributed by atoms with Crippen LogP contribution in [0.3, 0.4) is 0 Å². The highest BCUT2D eigenvalue weighted by atomic mass is 35.5. The molecular formula is C28H23ClN4. The Hall–Kier alpha value is -3.63. The number of aryl methyl sites for hydroxylation is 2. The van der Waals surface area contributed by atoms with E-state index in [2.05, 4.69) is 55.1 Å². The number of anilines is 2. The summed E-state index contributed by atoms with van der Waals surface area (Å²) in [7, 11) is 0. The van der Waals surface area contributed by atoms with Gasteiger partial charge < -0.3 is 4.90 Å². The predicted molar refractivity (Wildman–Crippen MR) is 136 cm³/mol. The molecule has 2 aromatic heterocycles. The normalized spacial score (nSPS) is 13.0. The van der Waals surface area contributed by atoms with Crippen LogP contribution >= 0.6 is 11.6 Å². The number of nitrogens with zero attached hydrogens (tertiary/aromatic N) is 4. The van der Waals surface area contributed by atoms with Crippen molar-refractivity contribution < 1.29 is 0 Å². The number of pyridine rings is 1. The summed E-state index contributed by atoms with van der Waals surface area (Å²) in [5.41, 5.74) is 9.85. The second-order valence-corrected chi connectivity index (χ2v) is 9.00. The van der Waals surface area contributed by atoms with Crippen molar-refractivity contribution in [3.05, 3.63) is 101 Å². The fraction of sp³-hybridized carbons (Fsp3) is 0.143. The molecule has 5 aromatic rings. The predicted octanol–water partition coefficient (Wildman–Crippen LogP) is 7.05. The first-order valence-electron chi connectivity index (χ1n) is 11.2. The molecule has 5 heteroatoms. The van der Waals surface area contributed by atoms with Gasteiger partial charge in [0.15, 0.2) is 5.65 Å². The number of hydrogen-bond acceptors (Lipinski definition) is 3. The Morgan fingerprint density at radius 3 is 2.27 bits per heavy atom. The van der Waals surface area contributed by atoms with Crippen LogP contribution in [0.1, 0.15) is 16.8 Å². The average Bonchev–Trinajstić information content (AvgIpc) is 3.43. The van der Waals surface area contributed by atoms with Gasteiger partial charge in [-0.25, -0.2) is 9.67 Å². The molecule has 1 aliphatic rings. The van der Waals surface area contributed by atoms with Crippen molar-refractivity contribution in [2.45, 2.75) is 20.3 Å². The summed E-state index contributed by atoms with van der Waals surface area (Å²) in [5, 5.41) is 6.90. The van der Waals surface area contributed by atoms with Crippen LogP contribution in [0.15, 0.2) is 78.9 Å². The van der Waals surface area contributed by atoms with Crippen molar-refractivity contribution in [2.75, 3.05) is 11.4 Å². The smallest absolute Gasteiger partial charge is 0.165 e. The Morgan fingerprint density at radius 1 is 0.818 bits per heavy atom. The van der Waals surface area contributed by atoms with Gasteiger partial charge >= 0.3 is 0 Å². The molecule has 3 aromatic carbocycles. The average molecular weight is 451 g/mol. The molecule has 4 nitrogen and oxygen atoms in total. The van der Waals surface area contributed by atoms with Crippen LogP contribution in [0.5, 0.6) is 0 Å². The van der Waals surface area contributed by atoms with Crippen LogP contribution in [-0.4, -0.2) is 21.3 Å². The molecule has 0 bridgehead atoms. The zero-order chi connectivity index (χ0) is 22.5. The molecule has 0 saturated heterocycles. The summed E-state index contributed by atoms with van der Waals surface area (Å²) in [5.74, 6) is 0. The van der Waals surface area contributed by atoms with E-state index in [1.165, 1.54) is 22.5 Å². The number of rotatable bonds is 3. The maximum Gasteiger partial charge on any atom is 0.165 e. The van der Waals surface area contributed by atoms with Gasteiger partial charge in [0.25, 0.3) is 0 Å². The topological polar surface area (TPSA) is 34.0 Å². The van der Waals surface area contributed by atoms with Crippen molar-refractivity contribution in [2.24, 2.45) is 0 Å². The third-order valence-electron chi connectivity index (χ3n) is 6.41. The molecular weight excluding hydrogens is 428 g/mol. The van der Waals surface area contributed by atoms with Gasteiger partial charge in [0, 0.05) is 28.5 Å². The van der Waals surface area contributed by atoms with E-state index in [-0.39, 0.29) is 0 Å².